The molecule has 0 saturated carbocycles. The normalized spacial score (nSPS) is 11.8. The summed E-state index contributed by atoms with van der Waals surface area (Å²) in [6.45, 7) is 4.65. The molecule has 0 bridgehead atoms. The fraction of sp³-hybridized carbons (Fsp3) is 0.438. The average Bonchev–Trinajstić information content (AvgIpc) is 2.93. The van der Waals surface area contributed by atoms with Crippen molar-refractivity contribution in [3.63, 3.8) is 0 Å². The number of ether oxygens (including phenoxy) is 2. The maximum Gasteiger partial charge on any atom is 0.233 e. The molecule has 2 rings (SSSR count). The average molecular weight is 350 g/mol. The fourth-order valence-corrected chi connectivity index (χ4v) is 2.78. The SMILES string of the molecule is CCNC(=O)[C@@H](C)Sc1nnc(COc2ccc(OC)cc2)n1C. The van der Waals surface area contributed by atoms with Crippen molar-refractivity contribution in [1.82, 2.24) is 20.1 Å². The van der Waals surface area contributed by atoms with Crippen LogP contribution < -0.4 is 14.8 Å². The minimum atomic E-state index is -0.233. The lowest BCUT2D eigenvalue weighted by atomic mass is 10.3. The van der Waals surface area contributed by atoms with Crippen molar-refractivity contribution in [1.29, 1.82) is 0 Å². The number of rotatable bonds is 8. The van der Waals surface area contributed by atoms with Gasteiger partial charge in [0.05, 0.1) is 12.4 Å². The van der Waals surface area contributed by atoms with E-state index in [4.69, 9.17) is 9.47 Å². The van der Waals surface area contributed by atoms with Gasteiger partial charge >= 0.3 is 0 Å². The lowest BCUT2D eigenvalue weighted by Gasteiger charge is -2.10. The van der Waals surface area contributed by atoms with E-state index in [0.717, 1.165) is 11.5 Å². The Hall–Kier alpha value is -2.22. The number of thioether (sulfide) groups is 1. The molecule has 0 aliphatic carbocycles. The van der Waals surface area contributed by atoms with Crippen LogP contribution in [0.25, 0.3) is 0 Å². The Morgan fingerprint density at radius 2 is 1.96 bits per heavy atom. The molecule has 24 heavy (non-hydrogen) atoms. The van der Waals surface area contributed by atoms with E-state index < -0.39 is 0 Å². The van der Waals surface area contributed by atoms with E-state index in [1.54, 1.807) is 7.11 Å². The van der Waals surface area contributed by atoms with E-state index >= 15 is 0 Å². The smallest absolute Gasteiger partial charge is 0.233 e. The third-order valence-electron chi connectivity index (χ3n) is 3.35. The number of methoxy groups -OCH3 is 1. The topological polar surface area (TPSA) is 78.3 Å². The number of nitrogens with one attached hydrogen (secondary N) is 1. The molecule has 0 aliphatic rings. The monoisotopic (exact) mass is 350 g/mol. The zero-order chi connectivity index (χ0) is 17.5. The van der Waals surface area contributed by atoms with Crippen LogP contribution in [0.5, 0.6) is 11.5 Å². The fourth-order valence-electron chi connectivity index (χ4n) is 1.92. The zero-order valence-corrected chi connectivity index (χ0v) is 15.1. The zero-order valence-electron chi connectivity index (χ0n) is 14.3. The minimum absolute atomic E-state index is 0.0125. The number of benzene rings is 1. The summed E-state index contributed by atoms with van der Waals surface area (Å²) in [5, 5.41) is 11.5. The molecule has 1 heterocycles. The second-order valence-electron chi connectivity index (χ2n) is 5.08. The van der Waals surface area contributed by atoms with Crippen LogP contribution in [0.4, 0.5) is 0 Å². The number of carbonyl (C=O) groups excluding carboxylic acids is 1. The Labute approximate surface area is 145 Å². The largest absolute Gasteiger partial charge is 0.497 e. The molecule has 0 aliphatic heterocycles. The van der Waals surface area contributed by atoms with Gasteiger partial charge < -0.3 is 19.4 Å². The van der Waals surface area contributed by atoms with Crippen molar-refractivity contribution in [2.45, 2.75) is 30.9 Å². The van der Waals surface area contributed by atoms with Crippen LogP contribution in [0.2, 0.25) is 0 Å². The molecule has 7 nitrogen and oxygen atoms in total. The van der Waals surface area contributed by atoms with Gasteiger partial charge in [-0.1, -0.05) is 11.8 Å². The van der Waals surface area contributed by atoms with Gasteiger partial charge in [0.1, 0.15) is 18.1 Å². The molecule has 0 radical (unpaired) electrons. The van der Waals surface area contributed by atoms with Gasteiger partial charge in [-0.3, -0.25) is 4.79 Å². The number of hydrogen-bond donors (Lipinski definition) is 1. The summed E-state index contributed by atoms with van der Waals surface area (Å²) in [4.78, 5) is 11.8. The summed E-state index contributed by atoms with van der Waals surface area (Å²) >= 11 is 1.37. The van der Waals surface area contributed by atoms with Gasteiger partial charge in [0, 0.05) is 13.6 Å². The van der Waals surface area contributed by atoms with E-state index in [0.29, 0.717) is 24.1 Å². The molecule has 2 aromatic rings. The molecular formula is C16H22N4O3S. The summed E-state index contributed by atoms with van der Waals surface area (Å²) in [5.74, 6) is 2.18. The summed E-state index contributed by atoms with van der Waals surface area (Å²) < 4.78 is 12.7. The quantitative estimate of drug-likeness (QED) is 0.734. The van der Waals surface area contributed by atoms with Crippen molar-refractivity contribution >= 4 is 17.7 Å². The number of carbonyl (C=O) groups is 1. The van der Waals surface area contributed by atoms with Gasteiger partial charge in [0.25, 0.3) is 0 Å². The molecule has 0 fully saturated rings. The highest BCUT2D eigenvalue weighted by Gasteiger charge is 2.18. The highest BCUT2D eigenvalue weighted by Crippen LogP contribution is 2.22. The summed E-state index contributed by atoms with van der Waals surface area (Å²) in [6.07, 6.45) is 0. The predicted octanol–water partition coefficient (Wildman–Crippen LogP) is 2.02. The van der Waals surface area contributed by atoms with E-state index in [-0.39, 0.29) is 11.2 Å². The molecule has 1 aromatic carbocycles. The highest BCUT2D eigenvalue weighted by molar-refractivity contribution is 8.00. The van der Waals surface area contributed by atoms with Gasteiger partial charge in [-0.15, -0.1) is 10.2 Å². The first-order chi connectivity index (χ1) is 11.5. The number of aromatic nitrogens is 3. The first-order valence-corrected chi connectivity index (χ1v) is 8.52. The lowest BCUT2D eigenvalue weighted by Crippen LogP contribution is -2.30. The van der Waals surface area contributed by atoms with Crippen LogP contribution in [-0.2, 0) is 18.4 Å². The molecule has 0 spiro atoms. The summed E-state index contributed by atoms with van der Waals surface area (Å²) in [6, 6.07) is 7.34. The molecule has 1 N–H and O–H groups in total. The van der Waals surface area contributed by atoms with Crippen LogP contribution in [0.15, 0.2) is 29.4 Å². The molecule has 0 saturated heterocycles. The second-order valence-corrected chi connectivity index (χ2v) is 6.38. The van der Waals surface area contributed by atoms with Crippen LogP contribution in [-0.4, -0.2) is 39.6 Å². The van der Waals surface area contributed by atoms with E-state index in [1.807, 2.05) is 49.7 Å². The van der Waals surface area contributed by atoms with E-state index in [2.05, 4.69) is 15.5 Å². The number of nitrogens with zero attached hydrogens (tertiary/aromatic N) is 3. The second kappa shape index (κ2) is 8.58. The van der Waals surface area contributed by atoms with E-state index in [1.165, 1.54) is 11.8 Å². The molecular weight excluding hydrogens is 328 g/mol. The van der Waals surface area contributed by atoms with Crippen molar-refractivity contribution in [2.24, 2.45) is 7.05 Å². The van der Waals surface area contributed by atoms with Gasteiger partial charge in [-0.05, 0) is 38.1 Å². The molecule has 8 heteroatoms. The van der Waals surface area contributed by atoms with Crippen LogP contribution in [0.1, 0.15) is 19.7 Å². The van der Waals surface area contributed by atoms with E-state index in [9.17, 15) is 4.79 Å². The summed E-state index contributed by atoms with van der Waals surface area (Å²) in [5.41, 5.74) is 0. The van der Waals surface area contributed by atoms with Crippen molar-refractivity contribution in [3.8, 4) is 11.5 Å². The highest BCUT2D eigenvalue weighted by atomic mass is 32.2. The van der Waals surface area contributed by atoms with Crippen molar-refractivity contribution in [2.75, 3.05) is 13.7 Å². The first-order valence-electron chi connectivity index (χ1n) is 7.64. The Balaban J connectivity index is 1.95. The predicted molar refractivity (Wildman–Crippen MR) is 92.3 cm³/mol. The van der Waals surface area contributed by atoms with Gasteiger partial charge in [-0.2, -0.15) is 0 Å². The minimum Gasteiger partial charge on any atom is -0.497 e. The molecule has 130 valence electrons. The van der Waals surface area contributed by atoms with Crippen molar-refractivity contribution in [3.05, 3.63) is 30.1 Å². The maximum atomic E-state index is 11.8. The standard InChI is InChI=1S/C16H22N4O3S/c1-5-17-15(21)11(2)24-16-19-18-14(20(16)3)10-23-13-8-6-12(22-4)7-9-13/h6-9,11H,5,10H2,1-4H3,(H,17,21)/t11-/m1/s1. The van der Waals surface area contributed by atoms with Crippen molar-refractivity contribution < 1.29 is 14.3 Å². The Morgan fingerprint density at radius 3 is 2.58 bits per heavy atom. The summed E-state index contributed by atoms with van der Waals surface area (Å²) in [7, 11) is 3.48. The number of hydrogen-bond acceptors (Lipinski definition) is 6. The van der Waals surface area contributed by atoms with Crippen LogP contribution in [0, 0.1) is 0 Å². The number of amides is 1. The van der Waals surface area contributed by atoms with Crippen LogP contribution >= 0.6 is 11.8 Å². The van der Waals surface area contributed by atoms with Gasteiger partial charge in [-0.25, -0.2) is 0 Å². The third-order valence-corrected chi connectivity index (χ3v) is 4.49. The molecule has 1 aromatic heterocycles. The van der Waals surface area contributed by atoms with Gasteiger partial charge in [0.15, 0.2) is 11.0 Å². The Kier molecular flexibility index (Phi) is 6.48. The van der Waals surface area contributed by atoms with Crippen LogP contribution in [0.3, 0.4) is 0 Å². The van der Waals surface area contributed by atoms with Gasteiger partial charge in [0.2, 0.25) is 5.91 Å². The Morgan fingerprint density at radius 1 is 1.29 bits per heavy atom. The Bertz CT molecular complexity index is 672. The molecule has 1 atom stereocenters. The molecule has 1 amide bonds. The maximum absolute atomic E-state index is 11.8. The molecule has 0 unspecified atom stereocenters. The third kappa shape index (κ3) is 4.64. The first kappa shape index (κ1) is 18.1. The lowest BCUT2D eigenvalue weighted by molar-refractivity contribution is -0.120.